The number of rotatable bonds is 3. The molecule has 2 aliphatic rings. The smallest absolute Gasteiger partial charge is 0.235 e. The number of carbonyl (C=O) groups is 1. The zero-order valence-corrected chi connectivity index (χ0v) is 13.5. The molecule has 1 unspecified atom stereocenters. The molecule has 1 heterocycles. The fourth-order valence-electron chi connectivity index (χ4n) is 3.67. The van der Waals surface area contributed by atoms with Gasteiger partial charge in [0.2, 0.25) is 5.91 Å². The third-order valence-corrected chi connectivity index (χ3v) is 5.44. The molecule has 1 aliphatic carbocycles. The first-order chi connectivity index (χ1) is 9.51. The predicted octanol–water partition coefficient (Wildman–Crippen LogP) is 1.78. The van der Waals surface area contributed by atoms with Crippen LogP contribution in [-0.4, -0.2) is 52.9 Å². The Bertz CT molecular complexity index is 379. The van der Waals surface area contributed by atoms with Gasteiger partial charge < -0.3 is 10.6 Å². The zero-order valence-electron chi connectivity index (χ0n) is 12.7. The second kappa shape index (κ2) is 6.39. The van der Waals surface area contributed by atoms with Crippen LogP contribution in [0.15, 0.2) is 0 Å². The molecule has 0 aromatic rings. The van der Waals surface area contributed by atoms with Crippen LogP contribution >= 0.6 is 12.2 Å². The molecule has 1 saturated carbocycles. The van der Waals surface area contributed by atoms with E-state index in [0.29, 0.717) is 11.0 Å². The van der Waals surface area contributed by atoms with Crippen LogP contribution in [0.3, 0.4) is 0 Å². The van der Waals surface area contributed by atoms with Crippen LogP contribution in [-0.2, 0) is 4.79 Å². The summed E-state index contributed by atoms with van der Waals surface area (Å²) >= 11 is 5.27. The third kappa shape index (κ3) is 2.84. The Kier molecular flexibility index (Phi) is 5.02. The van der Waals surface area contributed by atoms with E-state index < -0.39 is 5.41 Å². The van der Waals surface area contributed by atoms with Crippen molar-refractivity contribution in [1.82, 2.24) is 9.80 Å². The van der Waals surface area contributed by atoms with Crippen LogP contribution in [0.1, 0.15) is 46.0 Å². The van der Waals surface area contributed by atoms with Crippen molar-refractivity contribution >= 4 is 23.1 Å². The Balaban J connectivity index is 2.11. The molecule has 1 aliphatic heterocycles. The highest BCUT2D eigenvalue weighted by molar-refractivity contribution is 7.80. The number of nitrogens with zero attached hydrogens (tertiary/aromatic N) is 2. The first kappa shape index (κ1) is 15.7. The van der Waals surface area contributed by atoms with Crippen molar-refractivity contribution in [1.29, 1.82) is 0 Å². The summed E-state index contributed by atoms with van der Waals surface area (Å²) in [5.41, 5.74) is 5.42. The molecule has 5 heteroatoms. The van der Waals surface area contributed by atoms with Gasteiger partial charge in [-0.05, 0) is 26.3 Å². The fourth-order valence-corrected chi connectivity index (χ4v) is 3.96. The maximum atomic E-state index is 13.0. The van der Waals surface area contributed by atoms with E-state index in [9.17, 15) is 4.79 Å². The number of piperazine rings is 1. The van der Waals surface area contributed by atoms with Gasteiger partial charge in [-0.3, -0.25) is 9.69 Å². The molecule has 0 bridgehead atoms. The lowest BCUT2D eigenvalue weighted by molar-refractivity contribution is -0.142. The number of likely N-dealkylation sites (N-methyl/N-ethyl adjacent to an activating group) is 1. The van der Waals surface area contributed by atoms with Gasteiger partial charge in [-0.2, -0.15) is 0 Å². The largest absolute Gasteiger partial charge is 0.392 e. The first-order valence-electron chi connectivity index (χ1n) is 7.84. The van der Waals surface area contributed by atoms with Gasteiger partial charge in [0.1, 0.15) is 0 Å². The van der Waals surface area contributed by atoms with Crippen LogP contribution in [0.5, 0.6) is 0 Å². The molecular formula is C15H27N3OS. The second-order valence-corrected chi connectivity index (χ2v) is 6.68. The first-order valence-corrected chi connectivity index (χ1v) is 8.25. The Morgan fingerprint density at radius 1 is 1.30 bits per heavy atom. The lowest BCUT2D eigenvalue weighted by atomic mass is 9.72. The Hall–Kier alpha value is -0.680. The average Bonchev–Trinajstić information content (AvgIpc) is 2.47. The van der Waals surface area contributed by atoms with Gasteiger partial charge in [0.25, 0.3) is 0 Å². The van der Waals surface area contributed by atoms with Crippen LogP contribution < -0.4 is 5.73 Å². The molecular weight excluding hydrogens is 270 g/mol. The minimum absolute atomic E-state index is 0.187. The van der Waals surface area contributed by atoms with E-state index in [1.54, 1.807) is 0 Å². The zero-order chi connectivity index (χ0) is 14.8. The Morgan fingerprint density at radius 2 is 1.95 bits per heavy atom. The standard InChI is InChI=1S/C15H27N3OS/c1-3-17-9-10-18(11-12(17)2)14(19)15(13(16)20)7-5-4-6-8-15/h12H,3-11H2,1-2H3,(H2,16,20). The molecule has 0 spiro atoms. The van der Waals surface area contributed by atoms with Gasteiger partial charge in [-0.25, -0.2) is 0 Å². The topological polar surface area (TPSA) is 49.6 Å². The summed E-state index contributed by atoms with van der Waals surface area (Å²) in [7, 11) is 0. The molecule has 4 nitrogen and oxygen atoms in total. The van der Waals surface area contributed by atoms with Crippen molar-refractivity contribution in [3.8, 4) is 0 Å². The number of carbonyl (C=O) groups excluding carboxylic acids is 1. The summed E-state index contributed by atoms with van der Waals surface area (Å²) < 4.78 is 0. The molecule has 20 heavy (non-hydrogen) atoms. The molecule has 1 saturated heterocycles. The van der Waals surface area contributed by atoms with Crippen LogP contribution in [0.2, 0.25) is 0 Å². The van der Waals surface area contributed by atoms with Crippen molar-refractivity contribution in [2.24, 2.45) is 11.1 Å². The Morgan fingerprint density at radius 3 is 2.45 bits per heavy atom. The van der Waals surface area contributed by atoms with E-state index in [1.165, 1.54) is 6.42 Å². The lowest BCUT2D eigenvalue weighted by Crippen LogP contribution is -2.59. The third-order valence-electron chi connectivity index (χ3n) is 5.05. The number of hydrogen-bond donors (Lipinski definition) is 1. The van der Waals surface area contributed by atoms with Crippen molar-refractivity contribution in [3.63, 3.8) is 0 Å². The summed E-state index contributed by atoms with van der Waals surface area (Å²) in [5.74, 6) is 0.187. The van der Waals surface area contributed by atoms with Crippen molar-refractivity contribution < 1.29 is 4.79 Å². The SMILES string of the molecule is CCN1CCN(C(=O)C2(C(N)=S)CCCCC2)CC1C. The van der Waals surface area contributed by atoms with Crippen molar-refractivity contribution in [2.45, 2.75) is 52.0 Å². The summed E-state index contributed by atoms with van der Waals surface area (Å²) in [4.78, 5) is 17.8. The van der Waals surface area contributed by atoms with E-state index in [2.05, 4.69) is 18.7 Å². The van der Waals surface area contributed by atoms with Crippen LogP contribution in [0.4, 0.5) is 0 Å². The minimum Gasteiger partial charge on any atom is -0.392 e. The summed E-state index contributed by atoms with van der Waals surface area (Å²) in [5, 5.41) is 0. The van der Waals surface area contributed by atoms with Crippen molar-refractivity contribution in [3.05, 3.63) is 0 Å². The molecule has 0 radical (unpaired) electrons. The monoisotopic (exact) mass is 297 g/mol. The molecule has 0 aromatic carbocycles. The maximum Gasteiger partial charge on any atom is 0.235 e. The second-order valence-electron chi connectivity index (χ2n) is 6.24. The van der Waals surface area contributed by atoms with Crippen molar-refractivity contribution in [2.75, 3.05) is 26.2 Å². The lowest BCUT2D eigenvalue weighted by Gasteiger charge is -2.44. The minimum atomic E-state index is -0.554. The Labute approximate surface area is 127 Å². The van der Waals surface area contributed by atoms with E-state index in [1.807, 2.05) is 4.90 Å². The van der Waals surface area contributed by atoms with Gasteiger partial charge in [0.05, 0.1) is 10.4 Å². The average molecular weight is 297 g/mol. The number of thiocarbonyl (C=S) groups is 1. The van der Waals surface area contributed by atoms with Gasteiger partial charge in [-0.1, -0.05) is 38.4 Å². The fraction of sp³-hybridized carbons (Fsp3) is 0.867. The highest BCUT2D eigenvalue weighted by Crippen LogP contribution is 2.38. The molecule has 1 amide bonds. The maximum absolute atomic E-state index is 13.0. The van der Waals surface area contributed by atoms with Gasteiger partial charge in [0, 0.05) is 25.7 Å². The predicted molar refractivity (Wildman–Crippen MR) is 85.6 cm³/mol. The van der Waals surface area contributed by atoms with Gasteiger partial charge in [-0.15, -0.1) is 0 Å². The number of amides is 1. The molecule has 2 fully saturated rings. The summed E-state index contributed by atoms with van der Waals surface area (Å²) in [6, 6.07) is 0.421. The van der Waals surface area contributed by atoms with Crippen LogP contribution in [0.25, 0.3) is 0 Å². The highest BCUT2D eigenvalue weighted by atomic mass is 32.1. The summed E-state index contributed by atoms with van der Waals surface area (Å²) in [6.45, 7) is 7.97. The summed E-state index contributed by atoms with van der Waals surface area (Å²) in [6.07, 6.45) is 4.99. The molecule has 2 rings (SSSR count). The quantitative estimate of drug-likeness (QED) is 0.807. The van der Waals surface area contributed by atoms with E-state index in [4.69, 9.17) is 18.0 Å². The van der Waals surface area contributed by atoms with Gasteiger partial charge >= 0.3 is 0 Å². The molecule has 1 atom stereocenters. The highest BCUT2D eigenvalue weighted by Gasteiger charge is 2.45. The van der Waals surface area contributed by atoms with Crippen LogP contribution in [0, 0.1) is 5.41 Å². The molecule has 114 valence electrons. The van der Waals surface area contributed by atoms with E-state index >= 15 is 0 Å². The normalized spacial score (nSPS) is 27.3. The van der Waals surface area contributed by atoms with Gasteiger partial charge in [0.15, 0.2) is 0 Å². The van der Waals surface area contributed by atoms with E-state index in [-0.39, 0.29) is 5.91 Å². The number of nitrogens with two attached hydrogens (primary N) is 1. The number of hydrogen-bond acceptors (Lipinski definition) is 3. The van der Waals surface area contributed by atoms with E-state index in [0.717, 1.165) is 51.9 Å². The molecule has 0 aromatic heterocycles. The molecule has 2 N–H and O–H groups in total.